The Hall–Kier alpha value is -0.120. The Balaban J connectivity index is 2.08. The van der Waals surface area contributed by atoms with Gasteiger partial charge in [0.2, 0.25) is 0 Å². The second kappa shape index (κ2) is 6.38. The van der Waals surface area contributed by atoms with E-state index in [0.29, 0.717) is 6.10 Å². The molecule has 1 aliphatic heterocycles. The van der Waals surface area contributed by atoms with Crippen molar-refractivity contribution in [1.29, 1.82) is 0 Å². The van der Waals surface area contributed by atoms with Crippen molar-refractivity contribution < 1.29 is 9.47 Å². The summed E-state index contributed by atoms with van der Waals surface area (Å²) >= 11 is 0. The van der Waals surface area contributed by atoms with Gasteiger partial charge in [-0.15, -0.1) is 0 Å². The predicted octanol–water partition coefficient (Wildman–Crippen LogP) is 1.38. The summed E-state index contributed by atoms with van der Waals surface area (Å²) < 4.78 is 10.7. The minimum Gasteiger partial charge on any atom is -0.383 e. The van der Waals surface area contributed by atoms with Crippen LogP contribution >= 0.6 is 0 Å². The van der Waals surface area contributed by atoms with E-state index in [0.717, 1.165) is 25.7 Å². The van der Waals surface area contributed by atoms with Crippen molar-refractivity contribution in [1.82, 2.24) is 4.90 Å². The number of likely N-dealkylation sites (tertiary alicyclic amines) is 1. The molecule has 0 amide bonds. The lowest BCUT2D eigenvalue weighted by Crippen LogP contribution is -2.26. The molecule has 0 aromatic carbocycles. The quantitative estimate of drug-likeness (QED) is 0.648. The molecule has 3 nitrogen and oxygen atoms in total. The fraction of sp³-hybridized carbons (Fsp3) is 1.00. The van der Waals surface area contributed by atoms with Crippen LogP contribution < -0.4 is 0 Å². The number of nitrogens with zero attached hydrogens (tertiary/aromatic N) is 1. The highest BCUT2D eigenvalue weighted by Gasteiger charge is 2.22. The van der Waals surface area contributed by atoms with E-state index in [1.54, 1.807) is 7.11 Å². The van der Waals surface area contributed by atoms with Crippen LogP contribution in [0.2, 0.25) is 0 Å². The van der Waals surface area contributed by atoms with Gasteiger partial charge in [-0.3, -0.25) is 0 Å². The van der Waals surface area contributed by atoms with E-state index in [9.17, 15) is 0 Å². The highest BCUT2D eigenvalue weighted by molar-refractivity contribution is 4.75. The number of rotatable bonds is 6. The van der Waals surface area contributed by atoms with Gasteiger partial charge in [0.05, 0.1) is 19.3 Å². The van der Waals surface area contributed by atoms with Crippen LogP contribution in [-0.2, 0) is 9.47 Å². The van der Waals surface area contributed by atoms with Crippen LogP contribution in [0.1, 0.15) is 20.3 Å². The van der Waals surface area contributed by atoms with Gasteiger partial charge in [0, 0.05) is 20.2 Å². The highest BCUT2D eigenvalue weighted by atomic mass is 16.5. The maximum Gasteiger partial charge on any atom is 0.0589 e. The van der Waals surface area contributed by atoms with E-state index < -0.39 is 0 Å². The van der Waals surface area contributed by atoms with E-state index in [2.05, 4.69) is 18.7 Å². The first-order chi connectivity index (χ1) is 6.72. The Labute approximate surface area is 87.4 Å². The van der Waals surface area contributed by atoms with Gasteiger partial charge in [-0.1, -0.05) is 0 Å². The fourth-order valence-electron chi connectivity index (χ4n) is 1.80. The van der Waals surface area contributed by atoms with Crippen molar-refractivity contribution in [3.05, 3.63) is 0 Å². The fourth-order valence-corrected chi connectivity index (χ4v) is 1.80. The van der Waals surface area contributed by atoms with Crippen molar-refractivity contribution in [2.45, 2.75) is 26.4 Å². The van der Waals surface area contributed by atoms with Crippen LogP contribution in [0.25, 0.3) is 0 Å². The van der Waals surface area contributed by atoms with Gasteiger partial charge in [0.15, 0.2) is 0 Å². The first-order valence-electron chi connectivity index (χ1n) is 5.55. The number of hydrogen-bond donors (Lipinski definition) is 0. The van der Waals surface area contributed by atoms with Crippen molar-refractivity contribution in [3.8, 4) is 0 Å². The lowest BCUT2D eigenvalue weighted by Gasteiger charge is -2.16. The molecular weight excluding hydrogens is 178 g/mol. The summed E-state index contributed by atoms with van der Waals surface area (Å²) in [6.07, 6.45) is 1.64. The third-order valence-electron chi connectivity index (χ3n) is 2.65. The van der Waals surface area contributed by atoms with Crippen LogP contribution in [-0.4, -0.2) is 51.0 Å². The summed E-state index contributed by atoms with van der Waals surface area (Å²) in [6, 6.07) is 0. The minimum atomic E-state index is 0.364. The summed E-state index contributed by atoms with van der Waals surface area (Å²) in [5, 5.41) is 0. The summed E-state index contributed by atoms with van der Waals surface area (Å²) in [5.41, 5.74) is 0. The number of methoxy groups -OCH3 is 1. The lowest BCUT2D eigenvalue weighted by atomic mass is 10.1. The van der Waals surface area contributed by atoms with Crippen LogP contribution in [0, 0.1) is 5.92 Å². The van der Waals surface area contributed by atoms with E-state index in [4.69, 9.17) is 9.47 Å². The topological polar surface area (TPSA) is 21.7 Å². The standard InChI is InChI=1S/C11H23NO2/c1-10(2)14-9-11-4-5-12(8-11)6-7-13-3/h10-11H,4-9H2,1-3H3/t11-/m0/s1. The molecule has 1 aliphatic rings. The largest absolute Gasteiger partial charge is 0.383 e. The average molecular weight is 201 g/mol. The Bertz CT molecular complexity index is 150. The molecule has 0 bridgehead atoms. The van der Waals surface area contributed by atoms with Gasteiger partial charge >= 0.3 is 0 Å². The molecule has 0 spiro atoms. The zero-order valence-corrected chi connectivity index (χ0v) is 9.66. The molecule has 0 unspecified atom stereocenters. The number of hydrogen-bond acceptors (Lipinski definition) is 3. The molecule has 0 saturated carbocycles. The maximum atomic E-state index is 5.62. The molecular formula is C11H23NO2. The Kier molecular flexibility index (Phi) is 5.45. The molecule has 3 heteroatoms. The van der Waals surface area contributed by atoms with Crippen LogP contribution in [0.3, 0.4) is 0 Å². The lowest BCUT2D eigenvalue weighted by molar-refractivity contribution is 0.0522. The van der Waals surface area contributed by atoms with Crippen molar-refractivity contribution >= 4 is 0 Å². The second-order valence-electron chi connectivity index (χ2n) is 4.33. The number of ether oxygens (including phenoxy) is 2. The van der Waals surface area contributed by atoms with Gasteiger partial charge in [0.25, 0.3) is 0 Å². The van der Waals surface area contributed by atoms with Gasteiger partial charge in [-0.25, -0.2) is 0 Å². The monoisotopic (exact) mass is 201 g/mol. The SMILES string of the molecule is COCCN1CC[C@H](COC(C)C)C1. The van der Waals surface area contributed by atoms with Crippen molar-refractivity contribution in [3.63, 3.8) is 0 Å². The summed E-state index contributed by atoms with van der Waals surface area (Å²) in [7, 11) is 1.76. The molecule has 1 heterocycles. The molecule has 1 fully saturated rings. The van der Waals surface area contributed by atoms with Gasteiger partial charge < -0.3 is 14.4 Å². The van der Waals surface area contributed by atoms with Gasteiger partial charge in [-0.05, 0) is 32.7 Å². The third-order valence-corrected chi connectivity index (χ3v) is 2.65. The first-order valence-corrected chi connectivity index (χ1v) is 5.55. The first kappa shape index (κ1) is 12.0. The second-order valence-corrected chi connectivity index (χ2v) is 4.33. The normalized spacial score (nSPS) is 23.6. The summed E-state index contributed by atoms with van der Waals surface area (Å²) in [4.78, 5) is 2.46. The molecule has 0 aromatic heterocycles. The molecule has 1 atom stereocenters. The Morgan fingerprint density at radius 3 is 2.86 bits per heavy atom. The Morgan fingerprint density at radius 2 is 2.21 bits per heavy atom. The van der Waals surface area contributed by atoms with Crippen LogP contribution in [0.5, 0.6) is 0 Å². The predicted molar refractivity (Wildman–Crippen MR) is 57.5 cm³/mol. The Morgan fingerprint density at radius 1 is 1.43 bits per heavy atom. The summed E-state index contributed by atoms with van der Waals surface area (Å²) in [6.45, 7) is 9.40. The molecule has 0 aliphatic carbocycles. The minimum absolute atomic E-state index is 0.364. The van der Waals surface area contributed by atoms with Crippen molar-refractivity contribution in [2.24, 2.45) is 5.92 Å². The molecule has 84 valence electrons. The smallest absolute Gasteiger partial charge is 0.0589 e. The van der Waals surface area contributed by atoms with Crippen molar-refractivity contribution in [2.75, 3.05) is 40.0 Å². The van der Waals surface area contributed by atoms with E-state index in [1.165, 1.54) is 19.5 Å². The molecule has 0 radical (unpaired) electrons. The average Bonchev–Trinajstić information content (AvgIpc) is 2.59. The van der Waals surface area contributed by atoms with Gasteiger partial charge in [-0.2, -0.15) is 0 Å². The van der Waals surface area contributed by atoms with E-state index in [1.807, 2.05) is 0 Å². The summed E-state index contributed by atoms with van der Waals surface area (Å²) in [5.74, 6) is 0.731. The molecule has 0 N–H and O–H groups in total. The molecule has 14 heavy (non-hydrogen) atoms. The molecule has 1 saturated heterocycles. The third kappa shape index (κ3) is 4.40. The maximum absolute atomic E-state index is 5.62. The zero-order chi connectivity index (χ0) is 10.4. The van der Waals surface area contributed by atoms with E-state index in [-0.39, 0.29) is 0 Å². The highest BCUT2D eigenvalue weighted by Crippen LogP contribution is 2.16. The molecule has 0 aromatic rings. The van der Waals surface area contributed by atoms with Crippen LogP contribution in [0.15, 0.2) is 0 Å². The zero-order valence-electron chi connectivity index (χ0n) is 9.66. The molecule has 1 rings (SSSR count). The van der Waals surface area contributed by atoms with E-state index >= 15 is 0 Å². The van der Waals surface area contributed by atoms with Crippen LogP contribution in [0.4, 0.5) is 0 Å². The van der Waals surface area contributed by atoms with Gasteiger partial charge in [0.1, 0.15) is 0 Å².